The van der Waals surface area contributed by atoms with Crippen LogP contribution < -0.4 is 5.32 Å². The molecule has 1 aromatic heterocycles. The summed E-state index contributed by atoms with van der Waals surface area (Å²) in [5.74, 6) is 0. The van der Waals surface area contributed by atoms with Crippen LogP contribution in [0.15, 0.2) is 18.3 Å². The maximum Gasteiger partial charge on any atom is 0.140 e. The van der Waals surface area contributed by atoms with E-state index >= 15 is 0 Å². The van der Waals surface area contributed by atoms with Gasteiger partial charge >= 0.3 is 0 Å². The molecule has 0 bridgehead atoms. The molecule has 0 saturated heterocycles. The molecule has 2 rings (SSSR count). The van der Waals surface area contributed by atoms with E-state index in [-0.39, 0.29) is 0 Å². The van der Waals surface area contributed by atoms with Gasteiger partial charge in [0.15, 0.2) is 0 Å². The number of thioether (sulfide) groups is 1. The zero-order valence-electron chi connectivity index (χ0n) is 10.0. The number of nitrogens with one attached hydrogen (secondary N) is 1. The van der Waals surface area contributed by atoms with Crippen molar-refractivity contribution in [3.05, 3.63) is 29.6 Å². The van der Waals surface area contributed by atoms with E-state index in [0.717, 1.165) is 17.4 Å². The first kappa shape index (κ1) is 12.4. The van der Waals surface area contributed by atoms with E-state index in [4.69, 9.17) is 5.26 Å². The van der Waals surface area contributed by atoms with E-state index in [1.807, 2.05) is 23.9 Å². The molecule has 2 unspecified atom stereocenters. The Morgan fingerprint density at radius 1 is 1.59 bits per heavy atom. The molecule has 0 amide bonds. The van der Waals surface area contributed by atoms with Crippen molar-refractivity contribution in [2.45, 2.75) is 37.1 Å². The number of nitriles is 1. The third-order valence-corrected chi connectivity index (χ3v) is 4.35. The summed E-state index contributed by atoms with van der Waals surface area (Å²) in [7, 11) is 0. The van der Waals surface area contributed by atoms with Crippen molar-refractivity contribution in [3.8, 4) is 6.07 Å². The van der Waals surface area contributed by atoms with Crippen molar-refractivity contribution in [2.24, 2.45) is 0 Å². The Morgan fingerprint density at radius 3 is 3.18 bits per heavy atom. The van der Waals surface area contributed by atoms with Gasteiger partial charge in [0, 0.05) is 24.0 Å². The first-order valence-corrected chi connectivity index (χ1v) is 7.22. The van der Waals surface area contributed by atoms with Crippen LogP contribution >= 0.6 is 11.8 Å². The molecule has 4 heteroatoms. The molecule has 1 fully saturated rings. The van der Waals surface area contributed by atoms with Crippen molar-refractivity contribution in [3.63, 3.8) is 0 Å². The fourth-order valence-electron chi connectivity index (χ4n) is 2.25. The van der Waals surface area contributed by atoms with Crippen LogP contribution in [-0.2, 0) is 6.54 Å². The van der Waals surface area contributed by atoms with Crippen LogP contribution in [-0.4, -0.2) is 22.5 Å². The fraction of sp³-hybridized carbons (Fsp3) is 0.538. The Hall–Kier alpha value is -1.05. The smallest absolute Gasteiger partial charge is 0.140 e. The van der Waals surface area contributed by atoms with Crippen LogP contribution in [0.3, 0.4) is 0 Å². The van der Waals surface area contributed by atoms with Gasteiger partial charge in [0.25, 0.3) is 0 Å². The molecule has 1 aliphatic carbocycles. The Balaban J connectivity index is 1.84. The van der Waals surface area contributed by atoms with Crippen LogP contribution in [0.25, 0.3) is 0 Å². The van der Waals surface area contributed by atoms with E-state index < -0.39 is 0 Å². The summed E-state index contributed by atoms with van der Waals surface area (Å²) in [5.41, 5.74) is 1.64. The SMILES string of the molecule is CSC1CCC(NCc2ccnc(C#N)c2)C1. The third kappa shape index (κ3) is 3.45. The largest absolute Gasteiger partial charge is 0.310 e. The number of hydrogen-bond acceptors (Lipinski definition) is 4. The summed E-state index contributed by atoms with van der Waals surface area (Å²) in [5, 5.41) is 13.2. The summed E-state index contributed by atoms with van der Waals surface area (Å²) in [6, 6.07) is 6.52. The lowest BCUT2D eigenvalue weighted by Crippen LogP contribution is -2.26. The molecule has 1 aliphatic rings. The predicted molar refractivity (Wildman–Crippen MR) is 70.7 cm³/mol. The molecule has 0 aliphatic heterocycles. The highest BCUT2D eigenvalue weighted by atomic mass is 32.2. The standard InChI is InChI=1S/C13H17N3S/c1-17-13-3-2-11(7-13)16-9-10-4-5-15-12(6-10)8-14/h4-6,11,13,16H,2-3,7,9H2,1H3. The van der Waals surface area contributed by atoms with Crippen molar-refractivity contribution < 1.29 is 0 Å². The first-order chi connectivity index (χ1) is 8.31. The highest BCUT2D eigenvalue weighted by Gasteiger charge is 2.23. The molecule has 1 heterocycles. The molecule has 0 radical (unpaired) electrons. The number of nitrogens with zero attached hydrogens (tertiary/aromatic N) is 2. The Labute approximate surface area is 107 Å². The molecule has 1 N–H and O–H groups in total. The zero-order valence-corrected chi connectivity index (χ0v) is 10.8. The summed E-state index contributed by atoms with van der Waals surface area (Å²) < 4.78 is 0. The molecular formula is C13H17N3S. The summed E-state index contributed by atoms with van der Waals surface area (Å²) in [4.78, 5) is 3.97. The van der Waals surface area contributed by atoms with Crippen LogP contribution in [0, 0.1) is 11.3 Å². The van der Waals surface area contributed by atoms with Gasteiger partial charge in [-0.05, 0) is 43.2 Å². The van der Waals surface area contributed by atoms with Gasteiger partial charge in [0.2, 0.25) is 0 Å². The Morgan fingerprint density at radius 2 is 2.47 bits per heavy atom. The molecular weight excluding hydrogens is 230 g/mol. The van der Waals surface area contributed by atoms with Gasteiger partial charge in [-0.3, -0.25) is 0 Å². The summed E-state index contributed by atoms with van der Waals surface area (Å²) in [6.07, 6.45) is 7.74. The molecule has 90 valence electrons. The number of hydrogen-bond donors (Lipinski definition) is 1. The van der Waals surface area contributed by atoms with Gasteiger partial charge in [-0.1, -0.05) is 0 Å². The van der Waals surface area contributed by atoms with Crippen LogP contribution in [0.2, 0.25) is 0 Å². The number of rotatable bonds is 4. The normalized spacial score (nSPS) is 23.5. The molecule has 1 saturated carbocycles. The molecule has 1 aromatic rings. The number of aromatic nitrogens is 1. The minimum atomic E-state index is 0.498. The van der Waals surface area contributed by atoms with Crippen LogP contribution in [0.1, 0.15) is 30.5 Å². The van der Waals surface area contributed by atoms with Crippen molar-refractivity contribution >= 4 is 11.8 Å². The predicted octanol–water partition coefficient (Wildman–Crippen LogP) is 2.33. The minimum absolute atomic E-state index is 0.498. The lowest BCUT2D eigenvalue weighted by molar-refractivity contribution is 0.525. The maximum atomic E-state index is 8.77. The van der Waals surface area contributed by atoms with Crippen molar-refractivity contribution in [1.29, 1.82) is 5.26 Å². The van der Waals surface area contributed by atoms with E-state index in [1.165, 1.54) is 19.3 Å². The van der Waals surface area contributed by atoms with Gasteiger partial charge in [-0.2, -0.15) is 17.0 Å². The lowest BCUT2D eigenvalue weighted by atomic mass is 10.2. The summed E-state index contributed by atoms with van der Waals surface area (Å²) >= 11 is 1.97. The molecule has 0 spiro atoms. The number of pyridine rings is 1. The Kier molecular flexibility index (Phi) is 4.41. The van der Waals surface area contributed by atoms with E-state index in [1.54, 1.807) is 6.20 Å². The van der Waals surface area contributed by atoms with Gasteiger partial charge in [-0.15, -0.1) is 0 Å². The average molecular weight is 247 g/mol. The lowest BCUT2D eigenvalue weighted by Gasteiger charge is -2.12. The maximum absolute atomic E-state index is 8.77. The second kappa shape index (κ2) is 6.04. The fourth-order valence-corrected chi connectivity index (χ4v) is 3.04. The van der Waals surface area contributed by atoms with Crippen LogP contribution in [0.4, 0.5) is 0 Å². The summed E-state index contributed by atoms with van der Waals surface area (Å²) in [6.45, 7) is 0.836. The second-order valence-corrected chi connectivity index (χ2v) is 5.55. The first-order valence-electron chi connectivity index (χ1n) is 5.93. The monoisotopic (exact) mass is 247 g/mol. The topological polar surface area (TPSA) is 48.7 Å². The van der Waals surface area contributed by atoms with Gasteiger partial charge in [0.1, 0.15) is 11.8 Å². The van der Waals surface area contributed by atoms with Gasteiger partial charge in [-0.25, -0.2) is 4.98 Å². The van der Waals surface area contributed by atoms with Crippen molar-refractivity contribution in [2.75, 3.05) is 6.26 Å². The molecule has 3 nitrogen and oxygen atoms in total. The molecule has 0 aromatic carbocycles. The van der Waals surface area contributed by atoms with E-state index in [0.29, 0.717) is 11.7 Å². The minimum Gasteiger partial charge on any atom is -0.310 e. The van der Waals surface area contributed by atoms with E-state index in [9.17, 15) is 0 Å². The highest BCUT2D eigenvalue weighted by Crippen LogP contribution is 2.28. The third-order valence-electron chi connectivity index (χ3n) is 3.25. The van der Waals surface area contributed by atoms with Gasteiger partial charge < -0.3 is 5.32 Å². The second-order valence-electron chi connectivity index (χ2n) is 4.41. The van der Waals surface area contributed by atoms with E-state index in [2.05, 4.69) is 22.6 Å². The quantitative estimate of drug-likeness (QED) is 0.887. The van der Waals surface area contributed by atoms with Gasteiger partial charge in [0.05, 0.1) is 0 Å². The van der Waals surface area contributed by atoms with Crippen LogP contribution in [0.5, 0.6) is 0 Å². The molecule has 17 heavy (non-hydrogen) atoms. The highest BCUT2D eigenvalue weighted by molar-refractivity contribution is 7.99. The van der Waals surface area contributed by atoms with Crippen molar-refractivity contribution in [1.82, 2.24) is 10.3 Å². The zero-order chi connectivity index (χ0) is 12.1. The Bertz CT molecular complexity index is 413. The molecule has 2 atom stereocenters. The average Bonchev–Trinajstić information content (AvgIpc) is 2.84.